The van der Waals surface area contributed by atoms with Crippen LogP contribution in [0.4, 0.5) is 30.6 Å². The Bertz CT molecular complexity index is 1110. The minimum absolute atomic E-state index is 0.0566. The van der Waals surface area contributed by atoms with Crippen LogP contribution >= 0.6 is 0 Å². The third-order valence-electron chi connectivity index (χ3n) is 3.65. The Labute approximate surface area is 164 Å². The minimum Gasteiger partial charge on any atom is -0.403 e. The van der Waals surface area contributed by atoms with E-state index in [4.69, 9.17) is 4.42 Å². The van der Waals surface area contributed by atoms with Crippen LogP contribution in [0.1, 0.15) is 10.4 Å². The molecule has 13 heteroatoms. The number of para-hydroxylation sites is 1. The number of amides is 2. The Morgan fingerprint density at radius 1 is 1.00 bits per heavy atom. The van der Waals surface area contributed by atoms with Crippen molar-refractivity contribution in [1.29, 1.82) is 0 Å². The first-order valence-corrected chi connectivity index (χ1v) is 8.02. The first kappa shape index (κ1) is 20.4. The van der Waals surface area contributed by atoms with Crippen LogP contribution in [0.3, 0.4) is 0 Å². The summed E-state index contributed by atoms with van der Waals surface area (Å²) < 4.78 is 42.6. The van der Waals surface area contributed by atoms with Crippen molar-refractivity contribution in [3.8, 4) is 11.5 Å². The molecule has 0 radical (unpaired) electrons. The second kappa shape index (κ2) is 7.98. The normalized spacial score (nSPS) is 11.0. The Morgan fingerprint density at radius 2 is 1.67 bits per heavy atom. The highest BCUT2D eigenvalue weighted by atomic mass is 19.4. The van der Waals surface area contributed by atoms with Gasteiger partial charge in [0, 0.05) is 17.7 Å². The van der Waals surface area contributed by atoms with Gasteiger partial charge in [-0.25, -0.2) is 0 Å². The number of benzene rings is 2. The lowest BCUT2D eigenvalue weighted by molar-refractivity contribution is -0.384. The molecule has 1 aromatic heterocycles. The van der Waals surface area contributed by atoms with Gasteiger partial charge in [-0.3, -0.25) is 25.0 Å². The number of anilines is 2. The highest BCUT2D eigenvalue weighted by molar-refractivity contribution is 6.09. The molecule has 3 aromatic rings. The summed E-state index contributed by atoms with van der Waals surface area (Å²) in [5.41, 5.74) is -0.451. The van der Waals surface area contributed by atoms with Gasteiger partial charge in [0.2, 0.25) is 5.89 Å². The number of nitrogens with one attached hydrogen (secondary N) is 2. The maximum Gasteiger partial charge on any atom is 0.471 e. The third-order valence-corrected chi connectivity index (χ3v) is 3.65. The van der Waals surface area contributed by atoms with Gasteiger partial charge < -0.3 is 9.73 Å². The number of non-ortho nitro benzene ring substituents is 1. The predicted octanol–water partition coefficient (Wildman–Crippen LogP) is 3.40. The highest BCUT2D eigenvalue weighted by Crippen LogP contribution is 2.24. The number of halogens is 3. The van der Waals surface area contributed by atoms with Crippen LogP contribution in [0, 0.1) is 10.1 Å². The van der Waals surface area contributed by atoms with Gasteiger partial charge >= 0.3 is 18.1 Å². The van der Waals surface area contributed by atoms with E-state index in [2.05, 4.69) is 15.5 Å². The van der Waals surface area contributed by atoms with E-state index < -0.39 is 22.9 Å². The average molecular weight is 421 g/mol. The molecule has 2 amide bonds. The van der Waals surface area contributed by atoms with Crippen LogP contribution in [0.25, 0.3) is 11.5 Å². The first-order valence-electron chi connectivity index (χ1n) is 8.02. The van der Waals surface area contributed by atoms with Gasteiger partial charge in [0.15, 0.2) is 0 Å². The number of nitro benzene ring substituents is 1. The molecule has 3 rings (SSSR count). The number of rotatable bonds is 5. The van der Waals surface area contributed by atoms with Crippen LogP contribution in [0.2, 0.25) is 0 Å². The van der Waals surface area contributed by atoms with Gasteiger partial charge in [0.05, 0.1) is 16.2 Å². The number of alkyl halides is 3. The molecule has 0 aliphatic heterocycles. The summed E-state index contributed by atoms with van der Waals surface area (Å²) in [5, 5.41) is 21.8. The number of carbonyl (C=O) groups is 2. The molecule has 1 heterocycles. The Balaban J connectivity index is 1.76. The van der Waals surface area contributed by atoms with Gasteiger partial charge in [0.1, 0.15) is 0 Å². The van der Waals surface area contributed by atoms with E-state index in [1.165, 1.54) is 42.5 Å². The smallest absolute Gasteiger partial charge is 0.403 e. The van der Waals surface area contributed by atoms with Crippen LogP contribution in [0.5, 0.6) is 0 Å². The summed E-state index contributed by atoms with van der Waals surface area (Å²) in [7, 11) is 0. The predicted molar refractivity (Wildman–Crippen MR) is 95.5 cm³/mol. The van der Waals surface area contributed by atoms with E-state index in [1.54, 1.807) is 5.32 Å². The molecule has 0 spiro atoms. The zero-order valence-corrected chi connectivity index (χ0v) is 14.6. The van der Waals surface area contributed by atoms with Crippen molar-refractivity contribution in [1.82, 2.24) is 10.2 Å². The second-order valence-corrected chi connectivity index (χ2v) is 5.67. The van der Waals surface area contributed by atoms with Crippen molar-refractivity contribution in [3.05, 3.63) is 64.2 Å². The van der Waals surface area contributed by atoms with Gasteiger partial charge in [0.25, 0.3) is 11.6 Å². The second-order valence-electron chi connectivity index (χ2n) is 5.67. The molecular formula is C17H10F3N5O5. The minimum atomic E-state index is -5.13. The fourth-order valence-corrected chi connectivity index (χ4v) is 2.26. The average Bonchev–Trinajstić information content (AvgIpc) is 3.16. The maximum atomic E-state index is 12.5. The molecule has 0 atom stereocenters. The fourth-order valence-electron chi connectivity index (χ4n) is 2.26. The van der Waals surface area contributed by atoms with Crippen molar-refractivity contribution >= 4 is 29.2 Å². The molecular weight excluding hydrogens is 411 g/mol. The monoisotopic (exact) mass is 421 g/mol. The molecule has 0 aliphatic carbocycles. The van der Waals surface area contributed by atoms with Gasteiger partial charge in [-0.15, -0.1) is 5.10 Å². The van der Waals surface area contributed by atoms with E-state index in [9.17, 15) is 32.9 Å². The SMILES string of the molecule is O=C(Nc1nnc(-c2ccc([N+](=O)[O-])cc2)o1)c1ccccc1NC(=O)C(F)(F)F. The summed E-state index contributed by atoms with van der Waals surface area (Å²) in [6.07, 6.45) is -5.13. The molecule has 154 valence electrons. The van der Waals surface area contributed by atoms with E-state index in [-0.39, 0.29) is 28.8 Å². The first-order chi connectivity index (χ1) is 14.1. The zero-order valence-electron chi connectivity index (χ0n) is 14.6. The molecule has 0 bridgehead atoms. The van der Waals surface area contributed by atoms with Gasteiger partial charge in [-0.2, -0.15) is 13.2 Å². The number of carbonyl (C=O) groups excluding carboxylic acids is 2. The van der Waals surface area contributed by atoms with E-state index in [0.717, 1.165) is 6.07 Å². The molecule has 0 saturated carbocycles. The van der Waals surface area contributed by atoms with Crippen molar-refractivity contribution in [2.24, 2.45) is 0 Å². The lowest BCUT2D eigenvalue weighted by Crippen LogP contribution is -2.31. The van der Waals surface area contributed by atoms with E-state index in [1.807, 2.05) is 0 Å². The van der Waals surface area contributed by atoms with Crippen LogP contribution in [-0.2, 0) is 4.79 Å². The number of aromatic nitrogens is 2. The molecule has 30 heavy (non-hydrogen) atoms. The molecule has 10 nitrogen and oxygen atoms in total. The molecule has 0 aliphatic rings. The van der Waals surface area contributed by atoms with E-state index in [0.29, 0.717) is 5.56 Å². The number of nitro groups is 1. The van der Waals surface area contributed by atoms with Crippen LogP contribution in [-0.4, -0.2) is 33.1 Å². The summed E-state index contributed by atoms with van der Waals surface area (Å²) in [6.45, 7) is 0. The fraction of sp³-hybridized carbons (Fsp3) is 0.0588. The van der Waals surface area contributed by atoms with Crippen molar-refractivity contribution in [3.63, 3.8) is 0 Å². The lowest BCUT2D eigenvalue weighted by atomic mass is 10.1. The standard InChI is InChI=1S/C17H10F3N5O5/c18-17(19,20)15(27)21-12-4-2-1-3-11(12)13(26)22-16-24-23-14(30-16)9-5-7-10(8-6-9)25(28)29/h1-8H,(H,21,27)(H,22,24,26). The lowest BCUT2D eigenvalue weighted by Gasteiger charge is -2.11. The molecule has 0 fully saturated rings. The highest BCUT2D eigenvalue weighted by Gasteiger charge is 2.39. The molecule has 0 saturated heterocycles. The molecule has 2 N–H and O–H groups in total. The van der Waals surface area contributed by atoms with Gasteiger partial charge in [-0.05, 0) is 24.3 Å². The van der Waals surface area contributed by atoms with Crippen molar-refractivity contribution < 1.29 is 32.1 Å². The van der Waals surface area contributed by atoms with Crippen LogP contribution in [0.15, 0.2) is 52.9 Å². The maximum absolute atomic E-state index is 12.5. The summed E-state index contributed by atoms with van der Waals surface area (Å²) in [6, 6.07) is 9.82. The largest absolute Gasteiger partial charge is 0.471 e. The number of hydrogen-bond donors (Lipinski definition) is 2. The zero-order chi connectivity index (χ0) is 21.9. The quantitative estimate of drug-likeness (QED) is 0.475. The Morgan fingerprint density at radius 3 is 2.30 bits per heavy atom. The topological polar surface area (TPSA) is 140 Å². The molecule has 2 aromatic carbocycles. The summed E-state index contributed by atoms with van der Waals surface area (Å²) in [5.74, 6) is -3.20. The number of hydrogen-bond acceptors (Lipinski definition) is 7. The summed E-state index contributed by atoms with van der Waals surface area (Å²) in [4.78, 5) is 33.6. The van der Waals surface area contributed by atoms with Gasteiger partial charge in [-0.1, -0.05) is 17.2 Å². The van der Waals surface area contributed by atoms with Crippen LogP contribution < -0.4 is 10.6 Å². The van der Waals surface area contributed by atoms with Crippen molar-refractivity contribution in [2.45, 2.75) is 6.18 Å². The van der Waals surface area contributed by atoms with E-state index >= 15 is 0 Å². The summed E-state index contributed by atoms with van der Waals surface area (Å²) >= 11 is 0. The Kier molecular flexibility index (Phi) is 5.44. The number of nitrogens with zero attached hydrogens (tertiary/aromatic N) is 3. The molecule has 0 unspecified atom stereocenters. The third kappa shape index (κ3) is 4.57. The van der Waals surface area contributed by atoms with Crippen molar-refractivity contribution in [2.75, 3.05) is 10.6 Å². The Hall–Kier alpha value is -4.29.